The molecule has 0 amide bonds. The number of aliphatic hydroxyl groups is 4. The van der Waals surface area contributed by atoms with Crippen LogP contribution >= 0.6 is 0 Å². The molecule has 0 saturated heterocycles. The van der Waals surface area contributed by atoms with Crippen molar-refractivity contribution in [1.82, 2.24) is 0 Å². The van der Waals surface area contributed by atoms with E-state index in [9.17, 15) is 20.4 Å². The average molecular weight is 435 g/mol. The Morgan fingerprint density at radius 3 is 2.39 bits per heavy atom. The Morgan fingerprint density at radius 2 is 1.71 bits per heavy atom. The van der Waals surface area contributed by atoms with Crippen LogP contribution in [0.2, 0.25) is 0 Å². The molecule has 31 heavy (non-hydrogen) atoms. The van der Waals surface area contributed by atoms with Crippen LogP contribution in [0.15, 0.2) is 11.6 Å². The number of aliphatic hydroxyl groups excluding tert-OH is 3. The van der Waals surface area contributed by atoms with E-state index in [-0.39, 0.29) is 17.8 Å². The van der Waals surface area contributed by atoms with Gasteiger partial charge in [-0.2, -0.15) is 0 Å². The number of hydrogen-bond donors (Lipinski definition) is 4. The van der Waals surface area contributed by atoms with Crippen molar-refractivity contribution >= 4 is 0 Å². The summed E-state index contributed by atoms with van der Waals surface area (Å²) in [4.78, 5) is 0. The highest BCUT2D eigenvalue weighted by Gasteiger charge is 2.70. The van der Waals surface area contributed by atoms with Gasteiger partial charge in [0.1, 0.15) is 5.60 Å². The Hall–Kier alpha value is -0.420. The smallest absolute Gasteiger partial charge is 0.101 e. The van der Waals surface area contributed by atoms with E-state index in [2.05, 4.69) is 33.8 Å². The lowest BCUT2D eigenvalue weighted by Gasteiger charge is -2.66. The van der Waals surface area contributed by atoms with Gasteiger partial charge in [-0.3, -0.25) is 0 Å². The predicted octanol–water partition coefficient (Wildman–Crippen LogP) is 4.45. The molecule has 178 valence electrons. The lowest BCUT2D eigenvalue weighted by atomic mass is 9.41. The fourth-order valence-electron chi connectivity index (χ4n) is 9.14. The molecule has 4 nitrogen and oxygen atoms in total. The van der Waals surface area contributed by atoms with Crippen molar-refractivity contribution in [2.45, 2.75) is 116 Å². The summed E-state index contributed by atoms with van der Waals surface area (Å²) in [6, 6.07) is 0. The maximum Gasteiger partial charge on any atom is 0.101 e. The molecule has 4 saturated carbocycles. The van der Waals surface area contributed by atoms with Crippen LogP contribution in [0.1, 0.15) is 92.4 Å². The van der Waals surface area contributed by atoms with Crippen LogP contribution < -0.4 is 0 Å². The summed E-state index contributed by atoms with van der Waals surface area (Å²) in [5, 5.41) is 44.2. The lowest BCUT2D eigenvalue weighted by Crippen LogP contribution is -2.72. The van der Waals surface area contributed by atoms with E-state index in [4.69, 9.17) is 0 Å². The summed E-state index contributed by atoms with van der Waals surface area (Å²) in [7, 11) is 0. The minimum atomic E-state index is -1.39. The zero-order valence-corrected chi connectivity index (χ0v) is 20.3. The fraction of sp³-hybridized carbons (Fsp3) is 0.926. The molecule has 0 aliphatic heterocycles. The molecule has 0 aromatic heterocycles. The summed E-state index contributed by atoms with van der Waals surface area (Å²) in [6.07, 6.45) is 8.08. The van der Waals surface area contributed by atoms with Crippen LogP contribution in [0, 0.1) is 40.4 Å². The second-order valence-electron chi connectivity index (χ2n) is 12.5. The maximum absolute atomic E-state index is 11.6. The van der Waals surface area contributed by atoms with Gasteiger partial charge in [-0.05, 0) is 100 Å². The first-order valence-electron chi connectivity index (χ1n) is 12.8. The van der Waals surface area contributed by atoms with Gasteiger partial charge in [0.2, 0.25) is 0 Å². The molecule has 0 spiro atoms. The lowest BCUT2D eigenvalue weighted by molar-refractivity contribution is -0.294. The van der Waals surface area contributed by atoms with E-state index in [1.165, 1.54) is 24.8 Å². The SMILES string of the molecule is CC(C)=CCC[C@@H](C)[C@H]1CC[C@H]2[C@@H]3C[C@@H](O)[C@@]4(O)C[C@@H](O)C[C@@H](O)[C@]4(C)[C@H]3CC[C@]12C. The molecule has 4 fully saturated rings. The van der Waals surface area contributed by atoms with Crippen LogP contribution in [-0.2, 0) is 0 Å². The molecule has 4 rings (SSSR count). The van der Waals surface area contributed by atoms with Crippen LogP contribution in [0.3, 0.4) is 0 Å². The van der Waals surface area contributed by atoms with Gasteiger partial charge >= 0.3 is 0 Å². The summed E-state index contributed by atoms with van der Waals surface area (Å²) in [6.45, 7) is 11.3. The van der Waals surface area contributed by atoms with Crippen molar-refractivity contribution in [2.75, 3.05) is 0 Å². The Kier molecular flexibility index (Phi) is 6.21. The molecule has 4 aliphatic carbocycles. The molecule has 0 bridgehead atoms. The molecule has 0 unspecified atom stereocenters. The largest absolute Gasteiger partial charge is 0.393 e. The third-order valence-electron chi connectivity index (χ3n) is 10.9. The normalized spacial score (nSPS) is 52.6. The maximum atomic E-state index is 11.6. The summed E-state index contributed by atoms with van der Waals surface area (Å²) in [5.74, 6) is 2.52. The summed E-state index contributed by atoms with van der Waals surface area (Å²) < 4.78 is 0. The van der Waals surface area contributed by atoms with Crippen molar-refractivity contribution < 1.29 is 20.4 Å². The molecule has 4 heteroatoms. The zero-order valence-electron chi connectivity index (χ0n) is 20.3. The van der Waals surface area contributed by atoms with Gasteiger partial charge in [0.25, 0.3) is 0 Å². The van der Waals surface area contributed by atoms with Crippen LogP contribution in [0.4, 0.5) is 0 Å². The molecule has 0 radical (unpaired) electrons. The van der Waals surface area contributed by atoms with Crippen LogP contribution in [0.5, 0.6) is 0 Å². The Morgan fingerprint density at radius 1 is 1.00 bits per heavy atom. The van der Waals surface area contributed by atoms with Gasteiger partial charge in [-0.15, -0.1) is 0 Å². The van der Waals surface area contributed by atoms with Crippen molar-refractivity contribution in [3.8, 4) is 0 Å². The fourth-order valence-corrected chi connectivity index (χ4v) is 9.14. The predicted molar refractivity (Wildman–Crippen MR) is 123 cm³/mol. The highest BCUT2D eigenvalue weighted by atomic mass is 16.4. The minimum Gasteiger partial charge on any atom is -0.393 e. The van der Waals surface area contributed by atoms with Crippen molar-refractivity contribution in [3.05, 3.63) is 11.6 Å². The number of allylic oxidation sites excluding steroid dienone is 2. The van der Waals surface area contributed by atoms with Gasteiger partial charge < -0.3 is 20.4 Å². The third-order valence-corrected chi connectivity index (χ3v) is 10.9. The average Bonchev–Trinajstić information content (AvgIpc) is 3.02. The van der Waals surface area contributed by atoms with E-state index in [1.54, 1.807) is 0 Å². The molecule has 0 aromatic carbocycles. The zero-order chi connectivity index (χ0) is 22.8. The van der Waals surface area contributed by atoms with Gasteiger partial charge in [-0.1, -0.05) is 32.4 Å². The number of hydrogen-bond acceptors (Lipinski definition) is 4. The summed E-state index contributed by atoms with van der Waals surface area (Å²) in [5.41, 5.74) is -0.454. The topological polar surface area (TPSA) is 80.9 Å². The monoisotopic (exact) mass is 434 g/mol. The highest BCUT2D eigenvalue weighted by Crippen LogP contribution is 2.69. The van der Waals surface area contributed by atoms with E-state index >= 15 is 0 Å². The first-order valence-corrected chi connectivity index (χ1v) is 12.8. The number of rotatable bonds is 4. The van der Waals surface area contributed by atoms with E-state index in [1.807, 2.05) is 6.92 Å². The van der Waals surface area contributed by atoms with E-state index in [0.29, 0.717) is 36.5 Å². The Labute approximate surface area is 189 Å². The molecule has 4 aliphatic rings. The van der Waals surface area contributed by atoms with Gasteiger partial charge in [0.05, 0.1) is 18.3 Å². The molecule has 0 aromatic rings. The molecular weight excluding hydrogens is 388 g/mol. The van der Waals surface area contributed by atoms with E-state index < -0.39 is 29.3 Å². The van der Waals surface area contributed by atoms with Gasteiger partial charge in [0.15, 0.2) is 0 Å². The number of fused-ring (bicyclic) bond motifs is 5. The van der Waals surface area contributed by atoms with E-state index in [0.717, 1.165) is 19.3 Å². The highest BCUT2D eigenvalue weighted by molar-refractivity contribution is 5.19. The van der Waals surface area contributed by atoms with Gasteiger partial charge in [-0.25, -0.2) is 0 Å². The third kappa shape index (κ3) is 3.47. The molecule has 4 N–H and O–H groups in total. The van der Waals surface area contributed by atoms with Crippen molar-refractivity contribution in [2.24, 2.45) is 40.4 Å². The van der Waals surface area contributed by atoms with Gasteiger partial charge in [0, 0.05) is 11.8 Å². The van der Waals surface area contributed by atoms with Crippen molar-refractivity contribution in [3.63, 3.8) is 0 Å². The first kappa shape index (κ1) is 23.7. The quantitative estimate of drug-likeness (QED) is 0.493. The Bertz CT molecular complexity index is 701. The minimum absolute atomic E-state index is 0.177. The van der Waals surface area contributed by atoms with Crippen molar-refractivity contribution in [1.29, 1.82) is 0 Å². The standard InChI is InChI=1S/C27H46O4/c1-16(2)7-6-8-17(3)20-9-10-21-19-14-24(30)27(31)15-18(28)13-23(29)26(27,5)22(19)11-12-25(20,21)4/h7,17-24,28-31H,6,8-15H2,1-5H3/t17-,18+,19+,20-,21+,22+,23-,24-,25-,26+,27+/m1/s1. The molecule has 0 heterocycles. The molecular formula is C27H46O4. The second-order valence-corrected chi connectivity index (χ2v) is 12.5. The Balaban J connectivity index is 1.58. The molecule has 11 atom stereocenters. The van der Waals surface area contributed by atoms with Crippen LogP contribution in [0.25, 0.3) is 0 Å². The summed E-state index contributed by atoms with van der Waals surface area (Å²) >= 11 is 0. The first-order chi connectivity index (χ1) is 14.4. The van der Waals surface area contributed by atoms with Crippen LogP contribution in [-0.4, -0.2) is 44.3 Å². The second kappa shape index (κ2) is 8.11.